The third-order valence-electron chi connectivity index (χ3n) is 3.89. The van der Waals surface area contributed by atoms with Crippen LogP contribution in [0.15, 0.2) is 0 Å². The van der Waals surface area contributed by atoms with Crippen LogP contribution < -0.4 is 5.73 Å². The van der Waals surface area contributed by atoms with Gasteiger partial charge >= 0.3 is 0 Å². The molecule has 0 bridgehead atoms. The van der Waals surface area contributed by atoms with Gasteiger partial charge in [-0.25, -0.2) is 0 Å². The Morgan fingerprint density at radius 3 is 2.43 bits per heavy atom. The summed E-state index contributed by atoms with van der Waals surface area (Å²) < 4.78 is 5.03. The Labute approximate surface area is 86.6 Å². The maximum Gasteiger partial charge on any atom is 0.0709 e. The molecule has 0 radical (unpaired) electrons. The number of nitrogens with two attached hydrogens (primary N) is 1. The van der Waals surface area contributed by atoms with Crippen LogP contribution in [0.3, 0.4) is 0 Å². The Morgan fingerprint density at radius 1 is 1.43 bits per heavy atom. The van der Waals surface area contributed by atoms with Gasteiger partial charge in [0.15, 0.2) is 0 Å². The van der Waals surface area contributed by atoms with Crippen LogP contribution >= 0.6 is 0 Å². The van der Waals surface area contributed by atoms with Gasteiger partial charge in [-0.1, -0.05) is 12.8 Å². The molecule has 1 rings (SSSR count). The highest BCUT2D eigenvalue weighted by Crippen LogP contribution is 2.47. The Balaban J connectivity index is 2.65. The van der Waals surface area contributed by atoms with Gasteiger partial charge in [-0.05, 0) is 26.2 Å². The van der Waals surface area contributed by atoms with E-state index in [1.54, 1.807) is 7.11 Å². The Morgan fingerprint density at radius 2 is 2.00 bits per heavy atom. The Kier molecular flexibility index (Phi) is 3.93. The van der Waals surface area contributed by atoms with Crippen LogP contribution in [0.4, 0.5) is 0 Å². The van der Waals surface area contributed by atoms with Gasteiger partial charge in [0.25, 0.3) is 0 Å². The van der Waals surface area contributed by atoms with E-state index in [0.29, 0.717) is 19.6 Å². The van der Waals surface area contributed by atoms with Gasteiger partial charge in [-0.2, -0.15) is 0 Å². The van der Waals surface area contributed by atoms with E-state index < -0.39 is 5.60 Å². The van der Waals surface area contributed by atoms with Gasteiger partial charge in [0.1, 0.15) is 0 Å². The molecule has 1 aliphatic carbocycles. The standard InChI is InChI=1S/C11H23NO2/c1-10(13,7-8-14-2)11(9-12)5-3-4-6-11/h13H,3-9,12H2,1-2H3. The van der Waals surface area contributed by atoms with Crippen molar-refractivity contribution < 1.29 is 9.84 Å². The number of methoxy groups -OCH3 is 1. The molecule has 3 nitrogen and oxygen atoms in total. The second-order valence-electron chi connectivity index (χ2n) is 4.71. The van der Waals surface area contributed by atoms with Crippen molar-refractivity contribution in [2.75, 3.05) is 20.3 Å². The molecule has 1 unspecified atom stereocenters. The maximum absolute atomic E-state index is 10.4. The summed E-state index contributed by atoms with van der Waals surface area (Å²) >= 11 is 0. The molecule has 14 heavy (non-hydrogen) atoms. The van der Waals surface area contributed by atoms with Crippen LogP contribution in [0.25, 0.3) is 0 Å². The lowest BCUT2D eigenvalue weighted by Crippen LogP contribution is -2.49. The van der Waals surface area contributed by atoms with Gasteiger partial charge in [0, 0.05) is 25.7 Å². The summed E-state index contributed by atoms with van der Waals surface area (Å²) in [5.41, 5.74) is 5.09. The minimum atomic E-state index is -0.672. The summed E-state index contributed by atoms with van der Waals surface area (Å²) in [7, 11) is 1.67. The third-order valence-corrected chi connectivity index (χ3v) is 3.89. The second kappa shape index (κ2) is 4.60. The van der Waals surface area contributed by atoms with Crippen molar-refractivity contribution >= 4 is 0 Å². The first kappa shape index (κ1) is 12.0. The quantitative estimate of drug-likeness (QED) is 0.705. The number of hydrogen-bond donors (Lipinski definition) is 2. The average molecular weight is 201 g/mol. The Bertz CT molecular complexity index is 174. The molecule has 1 atom stereocenters. The van der Waals surface area contributed by atoms with E-state index in [4.69, 9.17) is 10.5 Å². The number of rotatable bonds is 5. The zero-order chi connectivity index (χ0) is 10.7. The summed E-state index contributed by atoms with van der Waals surface area (Å²) in [5, 5.41) is 10.4. The molecule has 1 aliphatic rings. The van der Waals surface area contributed by atoms with Crippen LogP contribution in [0, 0.1) is 5.41 Å². The molecule has 0 heterocycles. The summed E-state index contributed by atoms with van der Waals surface area (Å²) in [5.74, 6) is 0. The predicted molar refractivity (Wildman–Crippen MR) is 57.1 cm³/mol. The van der Waals surface area contributed by atoms with E-state index in [1.807, 2.05) is 6.92 Å². The van der Waals surface area contributed by atoms with E-state index in [0.717, 1.165) is 12.8 Å². The van der Waals surface area contributed by atoms with Crippen molar-refractivity contribution in [2.24, 2.45) is 11.1 Å². The first-order valence-electron chi connectivity index (χ1n) is 5.49. The second-order valence-corrected chi connectivity index (χ2v) is 4.71. The van der Waals surface area contributed by atoms with Crippen LogP contribution in [0.2, 0.25) is 0 Å². The number of hydrogen-bond acceptors (Lipinski definition) is 3. The fourth-order valence-electron chi connectivity index (χ4n) is 2.58. The van der Waals surface area contributed by atoms with Crippen LogP contribution in [0.5, 0.6) is 0 Å². The van der Waals surface area contributed by atoms with Gasteiger partial charge < -0.3 is 15.6 Å². The van der Waals surface area contributed by atoms with E-state index in [1.165, 1.54) is 12.8 Å². The lowest BCUT2D eigenvalue weighted by Gasteiger charge is -2.42. The Hall–Kier alpha value is -0.120. The molecule has 0 saturated heterocycles. The fourth-order valence-corrected chi connectivity index (χ4v) is 2.58. The van der Waals surface area contributed by atoms with Crippen molar-refractivity contribution in [2.45, 2.75) is 44.6 Å². The average Bonchev–Trinajstić information content (AvgIpc) is 2.64. The van der Waals surface area contributed by atoms with Crippen LogP contribution in [0.1, 0.15) is 39.0 Å². The molecule has 0 aromatic heterocycles. The van der Waals surface area contributed by atoms with E-state index >= 15 is 0 Å². The van der Waals surface area contributed by atoms with E-state index in [9.17, 15) is 5.11 Å². The first-order valence-corrected chi connectivity index (χ1v) is 5.49. The molecule has 0 aliphatic heterocycles. The van der Waals surface area contributed by atoms with Crippen LogP contribution in [-0.4, -0.2) is 31.0 Å². The highest BCUT2D eigenvalue weighted by molar-refractivity contribution is 4.99. The summed E-state index contributed by atoms with van der Waals surface area (Å²) in [4.78, 5) is 0. The number of ether oxygens (including phenoxy) is 1. The molecule has 0 aromatic rings. The molecule has 0 amide bonds. The monoisotopic (exact) mass is 201 g/mol. The van der Waals surface area contributed by atoms with Crippen molar-refractivity contribution in [1.82, 2.24) is 0 Å². The molecule has 3 heteroatoms. The lowest BCUT2D eigenvalue weighted by molar-refractivity contribution is -0.0803. The fraction of sp³-hybridized carbons (Fsp3) is 1.00. The smallest absolute Gasteiger partial charge is 0.0709 e. The zero-order valence-electron chi connectivity index (χ0n) is 9.38. The SMILES string of the molecule is COCCC(C)(O)C1(CN)CCCC1. The molecule has 1 saturated carbocycles. The topological polar surface area (TPSA) is 55.5 Å². The normalized spacial score (nSPS) is 24.9. The van der Waals surface area contributed by atoms with E-state index in [-0.39, 0.29) is 5.41 Å². The molecular weight excluding hydrogens is 178 g/mol. The van der Waals surface area contributed by atoms with Crippen molar-refractivity contribution in [3.05, 3.63) is 0 Å². The minimum absolute atomic E-state index is 0.0640. The molecular formula is C11H23NO2. The summed E-state index contributed by atoms with van der Waals surface area (Å²) in [6.45, 7) is 3.10. The van der Waals surface area contributed by atoms with Gasteiger partial charge in [-0.3, -0.25) is 0 Å². The summed E-state index contributed by atoms with van der Waals surface area (Å²) in [6, 6.07) is 0. The minimum Gasteiger partial charge on any atom is -0.389 e. The van der Waals surface area contributed by atoms with Crippen molar-refractivity contribution in [3.8, 4) is 0 Å². The zero-order valence-corrected chi connectivity index (χ0v) is 9.38. The predicted octanol–water partition coefficient (Wildman–Crippen LogP) is 1.29. The number of aliphatic hydroxyl groups is 1. The molecule has 0 aromatic carbocycles. The van der Waals surface area contributed by atoms with Gasteiger partial charge in [0.2, 0.25) is 0 Å². The highest BCUT2D eigenvalue weighted by atomic mass is 16.5. The van der Waals surface area contributed by atoms with E-state index in [2.05, 4.69) is 0 Å². The molecule has 3 N–H and O–H groups in total. The van der Waals surface area contributed by atoms with Gasteiger partial charge in [-0.15, -0.1) is 0 Å². The van der Waals surface area contributed by atoms with Crippen LogP contribution in [-0.2, 0) is 4.74 Å². The largest absolute Gasteiger partial charge is 0.389 e. The molecule has 0 spiro atoms. The van der Waals surface area contributed by atoms with Crippen molar-refractivity contribution in [1.29, 1.82) is 0 Å². The molecule has 84 valence electrons. The lowest BCUT2D eigenvalue weighted by atomic mass is 9.70. The molecule has 1 fully saturated rings. The summed E-state index contributed by atoms with van der Waals surface area (Å²) in [6.07, 6.45) is 5.18. The maximum atomic E-state index is 10.4. The first-order chi connectivity index (χ1) is 6.58. The third kappa shape index (κ3) is 2.10. The highest BCUT2D eigenvalue weighted by Gasteiger charge is 2.47. The van der Waals surface area contributed by atoms with Crippen molar-refractivity contribution in [3.63, 3.8) is 0 Å². The van der Waals surface area contributed by atoms with Gasteiger partial charge in [0.05, 0.1) is 5.60 Å².